The maximum Gasteiger partial charge on any atom is 0.333 e. The number of carbonyl (C=O) groups is 2. The van der Waals surface area contributed by atoms with Crippen molar-refractivity contribution in [2.45, 2.75) is 12.5 Å². The first-order chi connectivity index (χ1) is 9.93. The van der Waals surface area contributed by atoms with Crippen molar-refractivity contribution < 1.29 is 14.7 Å². The van der Waals surface area contributed by atoms with E-state index in [0.29, 0.717) is 5.56 Å². The summed E-state index contributed by atoms with van der Waals surface area (Å²) >= 11 is 0. The number of benzene rings is 1. The summed E-state index contributed by atoms with van der Waals surface area (Å²) in [6.07, 6.45) is 0. The second-order valence-electron chi connectivity index (χ2n) is 4.56. The third kappa shape index (κ3) is 2.97. The van der Waals surface area contributed by atoms with E-state index in [2.05, 4.69) is 15.5 Å². The summed E-state index contributed by atoms with van der Waals surface area (Å²) in [7, 11) is 0. The van der Waals surface area contributed by atoms with Crippen LogP contribution in [0.3, 0.4) is 0 Å². The van der Waals surface area contributed by atoms with Crippen molar-refractivity contribution in [3.63, 3.8) is 0 Å². The first-order valence-corrected chi connectivity index (χ1v) is 6.10. The van der Waals surface area contributed by atoms with Gasteiger partial charge in [-0.15, -0.1) is 0 Å². The Morgan fingerprint density at radius 2 is 1.86 bits per heavy atom. The number of carbonyl (C=O) groups excluding carboxylic acids is 1. The van der Waals surface area contributed by atoms with Gasteiger partial charge in [0, 0.05) is 6.07 Å². The average molecular weight is 287 g/mol. The van der Waals surface area contributed by atoms with Crippen LogP contribution in [0.25, 0.3) is 0 Å². The second-order valence-corrected chi connectivity index (χ2v) is 4.56. The maximum atomic E-state index is 12.1. The Labute approximate surface area is 119 Å². The molecule has 21 heavy (non-hydrogen) atoms. The molecule has 1 unspecified atom stereocenters. The van der Waals surface area contributed by atoms with E-state index >= 15 is 0 Å². The Morgan fingerprint density at radius 1 is 1.19 bits per heavy atom. The van der Waals surface area contributed by atoms with Gasteiger partial charge in [-0.2, -0.15) is 5.10 Å². The zero-order valence-electron chi connectivity index (χ0n) is 11.2. The monoisotopic (exact) mass is 287 g/mol. The number of H-pyrrole nitrogens is 1. The number of nitrogens with one attached hydrogen (secondary N) is 2. The lowest BCUT2D eigenvalue weighted by Crippen LogP contribution is -2.49. The van der Waals surface area contributed by atoms with Crippen LogP contribution in [0.1, 0.15) is 23.0 Å². The first kappa shape index (κ1) is 14.4. The van der Waals surface area contributed by atoms with E-state index < -0.39 is 23.0 Å². The van der Waals surface area contributed by atoms with Crippen LogP contribution in [-0.2, 0) is 10.3 Å². The van der Waals surface area contributed by atoms with E-state index in [9.17, 15) is 19.5 Å². The predicted octanol–water partition coefficient (Wildman–Crippen LogP) is 0.500. The molecule has 0 aliphatic carbocycles. The van der Waals surface area contributed by atoms with Crippen LogP contribution in [-0.4, -0.2) is 27.2 Å². The van der Waals surface area contributed by atoms with Crippen LogP contribution < -0.4 is 10.9 Å². The summed E-state index contributed by atoms with van der Waals surface area (Å²) in [5.41, 5.74) is -1.69. The number of amides is 1. The molecule has 0 aliphatic rings. The van der Waals surface area contributed by atoms with Crippen molar-refractivity contribution in [2.75, 3.05) is 0 Å². The summed E-state index contributed by atoms with van der Waals surface area (Å²) in [6.45, 7) is 1.38. The highest BCUT2D eigenvalue weighted by atomic mass is 16.4. The Hall–Kier alpha value is -2.96. The van der Waals surface area contributed by atoms with Gasteiger partial charge in [0.05, 0.1) is 0 Å². The number of aromatic amines is 1. The van der Waals surface area contributed by atoms with Gasteiger partial charge in [-0.1, -0.05) is 30.3 Å². The van der Waals surface area contributed by atoms with Gasteiger partial charge < -0.3 is 10.4 Å². The van der Waals surface area contributed by atoms with Gasteiger partial charge >= 0.3 is 5.97 Å². The number of hydrogen-bond donors (Lipinski definition) is 3. The number of aliphatic carboxylic acids is 1. The quantitative estimate of drug-likeness (QED) is 0.758. The molecular formula is C14H13N3O4. The molecule has 0 bridgehead atoms. The summed E-state index contributed by atoms with van der Waals surface area (Å²) in [6, 6.07) is 10.7. The van der Waals surface area contributed by atoms with Crippen molar-refractivity contribution in [3.8, 4) is 0 Å². The minimum absolute atomic E-state index is 0.0713. The molecule has 0 fully saturated rings. The fraction of sp³-hybridized carbons (Fsp3) is 0.143. The molecule has 0 radical (unpaired) electrons. The van der Waals surface area contributed by atoms with Crippen molar-refractivity contribution in [3.05, 3.63) is 64.1 Å². The summed E-state index contributed by atoms with van der Waals surface area (Å²) < 4.78 is 0. The van der Waals surface area contributed by atoms with Crippen molar-refractivity contribution in [1.82, 2.24) is 15.5 Å². The van der Waals surface area contributed by atoms with Crippen LogP contribution in [0.2, 0.25) is 0 Å². The fourth-order valence-corrected chi connectivity index (χ4v) is 1.78. The zero-order chi connectivity index (χ0) is 15.5. The summed E-state index contributed by atoms with van der Waals surface area (Å²) in [4.78, 5) is 34.6. The molecule has 108 valence electrons. The van der Waals surface area contributed by atoms with Crippen molar-refractivity contribution in [2.24, 2.45) is 0 Å². The van der Waals surface area contributed by atoms with E-state index in [1.54, 1.807) is 30.3 Å². The van der Waals surface area contributed by atoms with E-state index in [0.717, 1.165) is 6.07 Å². The largest absolute Gasteiger partial charge is 0.479 e. The van der Waals surface area contributed by atoms with Gasteiger partial charge in [0.15, 0.2) is 5.54 Å². The molecule has 7 heteroatoms. The van der Waals surface area contributed by atoms with Gasteiger partial charge in [-0.3, -0.25) is 9.59 Å². The highest BCUT2D eigenvalue weighted by molar-refractivity contribution is 5.96. The van der Waals surface area contributed by atoms with Gasteiger partial charge in [0.1, 0.15) is 5.69 Å². The Morgan fingerprint density at radius 3 is 2.38 bits per heavy atom. The van der Waals surface area contributed by atoms with Crippen LogP contribution in [0.15, 0.2) is 47.3 Å². The highest BCUT2D eigenvalue weighted by Gasteiger charge is 2.37. The molecule has 3 N–H and O–H groups in total. The van der Waals surface area contributed by atoms with Crippen molar-refractivity contribution >= 4 is 11.9 Å². The average Bonchev–Trinajstić information content (AvgIpc) is 2.48. The summed E-state index contributed by atoms with van der Waals surface area (Å²) in [5, 5.41) is 17.5. The molecule has 0 aliphatic heterocycles. The predicted molar refractivity (Wildman–Crippen MR) is 73.8 cm³/mol. The number of hydrogen-bond acceptors (Lipinski definition) is 4. The zero-order valence-corrected chi connectivity index (χ0v) is 11.2. The Kier molecular flexibility index (Phi) is 3.84. The Bertz CT molecular complexity index is 706. The molecule has 0 saturated heterocycles. The maximum absolute atomic E-state index is 12.1. The lowest BCUT2D eigenvalue weighted by atomic mass is 9.92. The van der Waals surface area contributed by atoms with Crippen LogP contribution >= 0.6 is 0 Å². The normalized spacial score (nSPS) is 13.2. The molecular weight excluding hydrogens is 274 g/mol. The lowest BCUT2D eigenvalue weighted by Gasteiger charge is -2.26. The molecule has 2 rings (SSSR count). The SMILES string of the molecule is CC(NC(=O)c1ccc(=O)[nH]n1)(C(=O)O)c1ccccc1. The number of rotatable bonds is 4. The second kappa shape index (κ2) is 5.58. The number of carboxylic acids is 1. The minimum Gasteiger partial charge on any atom is -0.479 e. The van der Waals surface area contributed by atoms with E-state index in [1.165, 1.54) is 13.0 Å². The molecule has 1 heterocycles. The Balaban J connectivity index is 2.33. The van der Waals surface area contributed by atoms with Crippen LogP contribution in [0.4, 0.5) is 0 Å². The van der Waals surface area contributed by atoms with Crippen molar-refractivity contribution in [1.29, 1.82) is 0 Å². The van der Waals surface area contributed by atoms with Crippen LogP contribution in [0.5, 0.6) is 0 Å². The molecule has 0 spiro atoms. The highest BCUT2D eigenvalue weighted by Crippen LogP contribution is 2.21. The van der Waals surface area contributed by atoms with Crippen LogP contribution in [0, 0.1) is 0 Å². The van der Waals surface area contributed by atoms with Gasteiger partial charge in [-0.05, 0) is 18.6 Å². The topological polar surface area (TPSA) is 112 Å². The van der Waals surface area contributed by atoms with Gasteiger partial charge in [0.25, 0.3) is 11.5 Å². The smallest absolute Gasteiger partial charge is 0.333 e. The van der Waals surface area contributed by atoms with Gasteiger partial charge in [0.2, 0.25) is 0 Å². The first-order valence-electron chi connectivity index (χ1n) is 6.10. The molecule has 1 atom stereocenters. The third-order valence-electron chi connectivity index (χ3n) is 3.05. The molecule has 0 saturated carbocycles. The third-order valence-corrected chi connectivity index (χ3v) is 3.05. The standard InChI is InChI=1S/C14H13N3O4/c1-14(13(20)21,9-5-3-2-4-6-9)15-12(19)10-7-8-11(18)17-16-10/h2-8H,1H3,(H,15,19)(H,17,18)(H,20,21). The molecule has 2 aromatic rings. The molecule has 1 aromatic carbocycles. The number of nitrogens with zero attached hydrogens (tertiary/aromatic N) is 1. The molecule has 1 aromatic heterocycles. The number of aromatic nitrogens is 2. The minimum atomic E-state index is -1.60. The van der Waals surface area contributed by atoms with E-state index in [-0.39, 0.29) is 5.69 Å². The van der Waals surface area contributed by atoms with E-state index in [1.807, 2.05) is 0 Å². The summed E-state index contributed by atoms with van der Waals surface area (Å²) in [5.74, 6) is -1.90. The van der Waals surface area contributed by atoms with E-state index in [4.69, 9.17) is 0 Å². The lowest BCUT2D eigenvalue weighted by molar-refractivity contribution is -0.144. The fourth-order valence-electron chi connectivity index (χ4n) is 1.78. The molecule has 7 nitrogen and oxygen atoms in total. The molecule has 1 amide bonds. The van der Waals surface area contributed by atoms with Gasteiger partial charge in [-0.25, -0.2) is 9.89 Å². The number of carboxylic acid groups (broad SMARTS) is 1.